The zero-order valence-corrected chi connectivity index (χ0v) is 22.7. The molecule has 0 saturated heterocycles. The number of hydrogen-bond acceptors (Lipinski definition) is 0. The molecule has 6 aromatic carbocycles. The van der Waals surface area contributed by atoms with Gasteiger partial charge < -0.3 is 0 Å². The van der Waals surface area contributed by atoms with Gasteiger partial charge >= 0.3 is 51.2 Å². The van der Waals surface area contributed by atoms with Gasteiger partial charge in [0.25, 0.3) is 0 Å². The topological polar surface area (TPSA) is 0 Å². The Morgan fingerprint density at radius 3 is 0.943 bits per heavy atom. The van der Waals surface area contributed by atoms with Crippen LogP contribution in [0.5, 0.6) is 0 Å². The predicted octanol–water partition coefficient (Wildman–Crippen LogP) is 8.43. The molecule has 0 aliphatic heterocycles. The molecule has 182 valence electrons. The Labute approximate surface area is 242 Å². The zero-order chi connectivity index (χ0) is 22.1. The van der Waals surface area contributed by atoms with Gasteiger partial charge in [-0.1, -0.05) is 12.3 Å². The van der Waals surface area contributed by atoms with E-state index >= 15 is 0 Å². The third-order valence-electron chi connectivity index (χ3n) is 5.02. The first-order valence-electron chi connectivity index (χ1n) is 11.1. The maximum atomic E-state index is 2.22. The quantitative estimate of drug-likeness (QED) is 0.145. The second-order valence-corrected chi connectivity index (χ2v) is 7.37. The average Bonchev–Trinajstić information content (AvgIpc) is 3.70. The monoisotopic (exact) mass is 582 g/mol. The summed E-state index contributed by atoms with van der Waals surface area (Å²) in [5, 5.41) is 0. The first-order valence-corrected chi connectivity index (χ1v) is 11.1. The zero-order valence-electron chi connectivity index (χ0n) is 19.4. The minimum Gasteiger partial charge on any atom is -0.214 e. The van der Waals surface area contributed by atoms with E-state index in [0.29, 0.717) is 5.92 Å². The summed E-state index contributed by atoms with van der Waals surface area (Å²) < 4.78 is 0. The summed E-state index contributed by atoms with van der Waals surface area (Å²) in [7, 11) is 0. The van der Waals surface area contributed by atoms with Crippen LogP contribution in [0.25, 0.3) is 0 Å². The van der Waals surface area contributed by atoms with Gasteiger partial charge in [-0.05, 0) is 0 Å². The van der Waals surface area contributed by atoms with Crippen LogP contribution in [-0.2, 0) is 57.6 Å². The molecule has 0 unspecified atom stereocenters. The Morgan fingerprint density at radius 2 is 0.686 bits per heavy atom. The van der Waals surface area contributed by atoms with Crippen molar-refractivity contribution in [2.45, 2.75) is 12.3 Å². The largest absolute Gasteiger partial charge is 2.00 e. The summed E-state index contributed by atoms with van der Waals surface area (Å²) in [6.45, 7) is 0. The van der Waals surface area contributed by atoms with Gasteiger partial charge in [-0.15, -0.1) is 0 Å². The van der Waals surface area contributed by atoms with E-state index in [9.17, 15) is 0 Å². The number of hydrogen-bond donors (Lipinski definition) is 0. The van der Waals surface area contributed by atoms with Crippen LogP contribution < -0.4 is 0 Å². The van der Waals surface area contributed by atoms with Gasteiger partial charge in [0, 0.05) is 0 Å². The molecule has 0 fully saturated rings. The summed E-state index contributed by atoms with van der Waals surface area (Å²) in [5.74, 6) is 0.488. The van der Waals surface area contributed by atoms with Gasteiger partial charge in [-0.2, -0.15) is 108 Å². The van der Waals surface area contributed by atoms with Crippen molar-refractivity contribution in [2.24, 2.45) is 0 Å². The molecular formula is C32H30Fe3. The van der Waals surface area contributed by atoms with E-state index < -0.39 is 0 Å². The molecule has 0 saturated carbocycles. The van der Waals surface area contributed by atoms with Gasteiger partial charge in [0.05, 0.1) is 0 Å². The van der Waals surface area contributed by atoms with Crippen molar-refractivity contribution >= 4 is 0 Å². The Bertz CT molecular complexity index is 914. The van der Waals surface area contributed by atoms with E-state index in [-0.39, 0.29) is 51.2 Å². The minimum atomic E-state index is 0. The fourth-order valence-electron chi connectivity index (χ4n) is 3.42. The minimum absolute atomic E-state index is 0. The van der Waals surface area contributed by atoms with Crippen LogP contribution in [0.2, 0.25) is 0 Å². The molecule has 0 radical (unpaired) electrons. The van der Waals surface area contributed by atoms with Crippen molar-refractivity contribution in [1.82, 2.24) is 0 Å². The molecule has 35 heavy (non-hydrogen) atoms. The molecule has 0 aromatic heterocycles. The van der Waals surface area contributed by atoms with Crippen LogP contribution in [0.4, 0.5) is 0 Å². The first-order chi connectivity index (χ1) is 15.9. The van der Waals surface area contributed by atoms with E-state index in [1.165, 1.54) is 16.7 Å². The van der Waals surface area contributed by atoms with Crippen molar-refractivity contribution in [3.05, 3.63) is 180 Å². The fraction of sp³-hybridized carbons (Fsp3) is 0.0625. The van der Waals surface area contributed by atoms with Crippen LogP contribution in [-0.4, -0.2) is 0 Å². The van der Waals surface area contributed by atoms with Gasteiger partial charge in [0.2, 0.25) is 0 Å². The molecule has 3 heteroatoms. The van der Waals surface area contributed by atoms with Crippen LogP contribution in [0.1, 0.15) is 22.6 Å². The summed E-state index contributed by atoms with van der Waals surface area (Å²) in [5.41, 5.74) is 4.24. The molecular weight excluding hydrogens is 552 g/mol. The maximum absolute atomic E-state index is 2.22. The van der Waals surface area contributed by atoms with E-state index in [1.54, 1.807) is 0 Å². The first kappa shape index (κ1) is 32.7. The normalized spacial score (nSPS) is 8.83. The number of rotatable bonds is 4. The molecule has 6 rings (SSSR count). The third-order valence-corrected chi connectivity index (χ3v) is 5.02. The standard InChI is InChI=1S/C17H15.3C5H5.3Fe/c1-2-8-14(7-1)13-17(15-9-3-4-10-15)16-11-5-6-12-16;3*1-2-4-5-3-1;;;/h1-12,17H,13H2;3*1-5H;;;/q-3;3*-1;3*+2. The third kappa shape index (κ3) is 13.4. The fourth-order valence-corrected chi connectivity index (χ4v) is 3.42. The Kier molecular flexibility index (Phi) is 19.6. The van der Waals surface area contributed by atoms with Crippen molar-refractivity contribution < 1.29 is 51.2 Å². The molecule has 0 N–H and O–H groups in total. The van der Waals surface area contributed by atoms with Crippen LogP contribution in [0.15, 0.2) is 164 Å². The molecule has 0 heterocycles. The molecule has 0 spiro atoms. The van der Waals surface area contributed by atoms with Crippen molar-refractivity contribution in [1.29, 1.82) is 0 Å². The van der Waals surface area contributed by atoms with E-state index in [4.69, 9.17) is 0 Å². The molecule has 0 bridgehead atoms. The van der Waals surface area contributed by atoms with Gasteiger partial charge in [0.15, 0.2) is 0 Å². The van der Waals surface area contributed by atoms with Gasteiger partial charge in [0.1, 0.15) is 0 Å². The average molecular weight is 582 g/mol. The van der Waals surface area contributed by atoms with Crippen LogP contribution >= 0.6 is 0 Å². The van der Waals surface area contributed by atoms with E-state index in [0.717, 1.165) is 6.42 Å². The summed E-state index contributed by atoms with van der Waals surface area (Å²) >= 11 is 0. The van der Waals surface area contributed by atoms with Crippen LogP contribution in [0, 0.1) is 0 Å². The van der Waals surface area contributed by atoms with E-state index in [1.807, 2.05) is 91.0 Å². The van der Waals surface area contributed by atoms with Gasteiger partial charge in [-0.25, -0.2) is 72.8 Å². The van der Waals surface area contributed by atoms with Crippen molar-refractivity contribution in [3.63, 3.8) is 0 Å². The summed E-state index contributed by atoms with van der Waals surface area (Å²) in [6, 6.07) is 56.0. The molecule has 0 nitrogen and oxygen atoms in total. The molecule has 0 aliphatic carbocycles. The SMILES string of the molecule is [Fe+2].[Fe+2].[Fe+2].c1cc[c-](CC([c-]2cccc2)[c-]2cccc2)c1.c1cc[cH-]c1.c1cc[cH-]c1.c1cc[cH-]c1. The molecule has 0 atom stereocenters. The molecule has 0 aliphatic rings. The summed E-state index contributed by atoms with van der Waals surface area (Å²) in [4.78, 5) is 0. The molecule has 0 amide bonds. The smallest absolute Gasteiger partial charge is 0.214 e. The van der Waals surface area contributed by atoms with E-state index in [2.05, 4.69) is 72.8 Å². The van der Waals surface area contributed by atoms with Gasteiger partial charge in [-0.3, -0.25) is 0 Å². The Hall–Kier alpha value is -2.34. The van der Waals surface area contributed by atoms with Crippen molar-refractivity contribution in [2.75, 3.05) is 0 Å². The second kappa shape index (κ2) is 21.0. The van der Waals surface area contributed by atoms with Crippen LogP contribution in [0.3, 0.4) is 0 Å². The second-order valence-electron chi connectivity index (χ2n) is 7.37. The Morgan fingerprint density at radius 1 is 0.400 bits per heavy atom. The summed E-state index contributed by atoms with van der Waals surface area (Å²) in [6.07, 6.45) is 1.08. The molecule has 6 aromatic rings. The predicted molar refractivity (Wildman–Crippen MR) is 138 cm³/mol. The maximum Gasteiger partial charge on any atom is 2.00 e. The Balaban J connectivity index is 0.000000529. The van der Waals surface area contributed by atoms with Crippen molar-refractivity contribution in [3.8, 4) is 0 Å².